The molecule has 9 atom stereocenters. The number of halogens is 71. The Morgan fingerprint density at radius 1 is 0.206 bits per heavy atom. The summed E-state index contributed by atoms with van der Waals surface area (Å²) in [5, 5.41) is 0. The summed E-state index contributed by atoms with van der Waals surface area (Å²) in [5.41, 5.74) is -41.8. The monoisotopic (exact) mass is 2190 g/mol. The fraction of sp³-hybridized carbons (Fsp3) is 1.00. The Morgan fingerprint density at radius 2 is 0.412 bits per heavy atom. The molecule has 0 aromatic rings. The van der Waals surface area contributed by atoms with Gasteiger partial charge in [-0.25, -0.2) is 110 Å². The van der Waals surface area contributed by atoms with Crippen molar-refractivity contribution in [3.63, 3.8) is 0 Å². The lowest BCUT2D eigenvalue weighted by Gasteiger charge is -2.48. The Labute approximate surface area is 671 Å². The second-order valence-electron chi connectivity index (χ2n) is 25.4. The third-order valence-electron chi connectivity index (χ3n) is 16.8. The van der Waals surface area contributed by atoms with Gasteiger partial charge in [-0.1, -0.05) is 0 Å². The van der Waals surface area contributed by atoms with Crippen molar-refractivity contribution in [2.24, 2.45) is 13.5 Å². The van der Waals surface area contributed by atoms with E-state index in [1.807, 2.05) is 0 Å². The third kappa shape index (κ3) is 18.9. The highest BCUT2D eigenvalue weighted by molar-refractivity contribution is 7.78. The van der Waals surface area contributed by atoms with Crippen LogP contribution in [0, 0.1) is 0 Å². The van der Waals surface area contributed by atoms with E-state index < -0.39 is 318 Å². The molecule has 0 bridgehead atoms. The lowest BCUT2D eigenvalue weighted by molar-refractivity contribution is -0.414. The maximum atomic E-state index is 17.3. The molecule has 0 saturated heterocycles. The molecule has 9 unspecified atom stereocenters. The predicted molar refractivity (Wildman–Crippen MR) is 277 cm³/mol. The lowest BCUT2D eigenvalue weighted by atomic mass is 9.71. The molecule has 786 valence electrons. The van der Waals surface area contributed by atoms with Crippen molar-refractivity contribution in [3.05, 3.63) is 0 Å². The zero-order valence-corrected chi connectivity index (χ0v) is 61.6. The van der Waals surface area contributed by atoms with Gasteiger partial charge in [0.25, 0.3) is 0 Å². The van der Waals surface area contributed by atoms with Gasteiger partial charge >= 0.3 is 197 Å². The van der Waals surface area contributed by atoms with Crippen LogP contribution in [0.1, 0.15) is 1.37 Å². The maximum absolute atomic E-state index is 17.3. The highest BCUT2D eigenvalue weighted by Gasteiger charge is 2.94. The normalized spacial score (nSPS) is 22.0. The van der Waals surface area contributed by atoms with E-state index in [0.29, 0.717) is 0 Å². The predicted octanol–water partition coefficient (Wildman–Crippen LogP) is 26.5. The lowest BCUT2D eigenvalue weighted by Crippen LogP contribution is -2.76. The molecule has 83 heteroatoms. The maximum Gasteiger partial charge on any atom is 0.384 e. The number of rotatable bonds is 54. The molecule has 9 nitrogen and oxygen atoms in total. The number of alkyl halides is 71. The quantitative estimate of drug-likeness (QED) is 0.0445. The number of nitrogens with zero attached hydrogens (tertiary/aromatic N) is 3. The summed E-state index contributed by atoms with van der Waals surface area (Å²) in [6.07, 6.45) is -49.8. The smallest absolute Gasteiger partial charge is 0.303 e. The molecule has 131 heavy (non-hydrogen) atoms. The van der Waals surface area contributed by atoms with Crippen molar-refractivity contribution < 1.29 is 340 Å². The SMILES string of the molecule is [3H]C(F)(C(F)(F)COP1(OCC(F)(CF)C(F)(CF)C(F)(F)C(F)(F)C(F)(F)C(F)F)=NP(OCC(F)(F)C(F)(F)C(F)(F)C(F)(F)C(F)(F)C(F)F)(OCC(F)(CF)C(F)(CF)C(F)(CF)C(F)(F)C(F)(F)C(F)F)=NP(OCC(F)(F)C(F)(F)C(F)(F)C(F)(F)C(F)(F)C(F)F)(OCC(F)(F)C(F)(F)C(F)(F)C(F)(F)C(F)(F)C(F)F)=N1)C(F)(F)C(F)(F)C(F)(F)C(F)CF. The minimum Gasteiger partial charge on any atom is -0.303 e. The molecular formula is C48H31F71N3O6P3. The average Bonchev–Trinajstić information content (AvgIpc) is 0.699. The van der Waals surface area contributed by atoms with Crippen LogP contribution in [0.5, 0.6) is 0 Å². The fourth-order valence-corrected chi connectivity index (χ4v) is 18.1. The standard InChI is InChI=1S/C48H31F71N3O6P3/c49-1-13(55)29(80,81)41(104,105)30(82,83)14(56)22(69,70)9-125-129(124-8-21(68,3-51)24(72,5-53)37(96,97)42(106,107)32(86,87)16(59)60)120-130(126-10-26(74,75)38(98,99)46(114,115)43(108,109)33(88,89)17(61)62,123-7-20(67,2-50)23(71,4-52)25(73,6-54)36(94,95)31(84,85)15(57)58)122-131(121-129,127-11-27(76,77)39(100,101)47(116,117)44(110,111)34(90,91)18(63)64)128-12-28(78,79)40(102,103)48(118,119)45(112,113)35(92,93)19(65)66/h13-19H,1-12H2/i14T. The molecule has 1 aliphatic heterocycles. The van der Waals surface area contributed by atoms with Crippen LogP contribution < -0.4 is 0 Å². The van der Waals surface area contributed by atoms with Crippen LogP contribution in [-0.4, -0.2) is 295 Å². The van der Waals surface area contributed by atoms with Gasteiger partial charge in [-0.05, 0) is 0 Å². The van der Waals surface area contributed by atoms with Gasteiger partial charge in [0.1, 0.15) is 66.5 Å². The van der Waals surface area contributed by atoms with Crippen LogP contribution in [0.4, 0.5) is 312 Å². The van der Waals surface area contributed by atoms with E-state index in [1.54, 1.807) is 0 Å². The first-order valence-electron chi connectivity index (χ1n) is 30.8. The van der Waals surface area contributed by atoms with Crippen LogP contribution >= 0.6 is 23.0 Å². The van der Waals surface area contributed by atoms with Gasteiger partial charge in [0.15, 0.2) is 6.17 Å². The molecule has 0 N–H and O–H groups in total. The van der Waals surface area contributed by atoms with Gasteiger partial charge in [-0.15, -0.1) is 13.5 Å². The molecule has 0 saturated carbocycles. The Morgan fingerprint density at radius 3 is 0.626 bits per heavy atom. The van der Waals surface area contributed by atoms with Crippen LogP contribution in [0.3, 0.4) is 0 Å². The van der Waals surface area contributed by atoms with Gasteiger partial charge in [0, 0.05) is 0 Å². The van der Waals surface area contributed by atoms with E-state index in [-0.39, 0.29) is 0 Å². The van der Waals surface area contributed by atoms with Gasteiger partial charge in [-0.3, -0.25) is 18.1 Å². The first kappa shape index (κ1) is 123. The van der Waals surface area contributed by atoms with Gasteiger partial charge in [0.2, 0.25) is 34.5 Å². The van der Waals surface area contributed by atoms with E-state index in [1.165, 1.54) is 0 Å². The summed E-state index contributed by atoms with van der Waals surface area (Å²) in [7, 11) is -32.2. The first-order valence-corrected chi connectivity index (χ1v) is 34.9. The van der Waals surface area contributed by atoms with Crippen molar-refractivity contribution in [2.45, 2.75) is 215 Å². The Balaban J connectivity index is 6.66. The van der Waals surface area contributed by atoms with Crippen LogP contribution in [0.25, 0.3) is 0 Å². The molecule has 0 aromatic heterocycles. The van der Waals surface area contributed by atoms with E-state index in [4.69, 9.17) is 1.37 Å². The van der Waals surface area contributed by atoms with E-state index in [2.05, 4.69) is 27.1 Å². The Bertz CT molecular complexity index is 4010. The second kappa shape index (κ2) is 36.9. The molecule has 0 fully saturated rings. The highest BCUT2D eigenvalue weighted by Crippen LogP contribution is 2.83. The molecule has 1 heterocycles. The molecule has 0 spiro atoms. The summed E-state index contributed by atoms with van der Waals surface area (Å²) in [4.78, 5) is 0. The van der Waals surface area contributed by atoms with Crippen molar-refractivity contribution in [1.82, 2.24) is 0 Å². The highest BCUT2D eigenvalue weighted by atomic mass is 31.3. The van der Waals surface area contributed by atoms with E-state index in [9.17, 15) is 162 Å². The van der Waals surface area contributed by atoms with Crippen molar-refractivity contribution in [2.75, 3.05) is 79.7 Å². The molecule has 0 amide bonds. The second-order valence-corrected chi connectivity index (χ2v) is 32.1. The molecular weight excluding hydrogens is 2160 g/mol. The van der Waals surface area contributed by atoms with E-state index >= 15 is 149 Å². The van der Waals surface area contributed by atoms with Crippen molar-refractivity contribution in [1.29, 1.82) is 0 Å². The van der Waals surface area contributed by atoms with Crippen molar-refractivity contribution >= 4 is 23.0 Å². The van der Waals surface area contributed by atoms with Crippen LogP contribution in [-0.2, 0) is 27.1 Å². The van der Waals surface area contributed by atoms with Gasteiger partial charge in [0.05, 0.1) is 14.6 Å². The topological polar surface area (TPSA) is 92.5 Å². The number of hydrogen-bond acceptors (Lipinski definition) is 9. The zero-order valence-electron chi connectivity index (χ0n) is 59.9. The Hall–Kier alpha value is -4.52. The fourth-order valence-electron chi connectivity index (χ4n) is 8.48. The van der Waals surface area contributed by atoms with E-state index in [0.717, 1.165) is 13.5 Å². The zero-order chi connectivity index (χ0) is 107. The Kier molecular flexibility index (Phi) is 34.5. The summed E-state index contributed by atoms with van der Waals surface area (Å²) in [6.45, 7) is -67.5. The third-order valence-corrected chi connectivity index (χ3v) is 25.0. The van der Waals surface area contributed by atoms with Gasteiger partial charge in [-0.2, -0.15) is 202 Å². The first-order chi connectivity index (χ1) is 57.4. The molecule has 1 rings (SSSR count). The number of hydrogen-bond donors (Lipinski definition) is 0. The average molecular weight is 2190 g/mol. The largest absolute Gasteiger partial charge is 0.384 e. The summed E-state index contributed by atoms with van der Waals surface area (Å²) < 4.78 is 1080. The van der Waals surface area contributed by atoms with Gasteiger partial charge < -0.3 is 9.05 Å². The summed E-state index contributed by atoms with van der Waals surface area (Å²) in [5.74, 6) is -222. The minimum atomic E-state index is -10.8. The van der Waals surface area contributed by atoms with Crippen molar-refractivity contribution in [3.8, 4) is 0 Å². The van der Waals surface area contributed by atoms with Crippen LogP contribution in [0.15, 0.2) is 13.5 Å². The van der Waals surface area contributed by atoms with Crippen LogP contribution in [0.2, 0.25) is 0 Å². The summed E-state index contributed by atoms with van der Waals surface area (Å²) in [6, 6.07) is 0. The minimum absolute atomic E-state index is 0.901. The molecule has 1 aliphatic rings. The molecule has 0 aromatic carbocycles. The molecule has 0 aliphatic carbocycles. The molecule has 0 radical (unpaired) electrons. The summed E-state index contributed by atoms with van der Waals surface area (Å²) >= 11 is 0.